The summed E-state index contributed by atoms with van der Waals surface area (Å²) in [7, 11) is -3.71. The van der Waals surface area contributed by atoms with E-state index in [1.165, 1.54) is 22.5 Å². The summed E-state index contributed by atoms with van der Waals surface area (Å²) < 4.78 is 70.2. The van der Waals surface area contributed by atoms with Gasteiger partial charge in [-0.3, -0.25) is 0 Å². The molecule has 0 atom stereocenters. The monoisotopic (exact) mass is 471 g/mol. The Morgan fingerprint density at radius 2 is 1.66 bits per heavy atom. The van der Waals surface area contributed by atoms with Crippen molar-refractivity contribution in [2.75, 3.05) is 32.8 Å². The summed E-state index contributed by atoms with van der Waals surface area (Å²) in [5.41, 5.74) is 0.384. The minimum atomic E-state index is -4.39. The Labute approximate surface area is 184 Å². The maximum Gasteiger partial charge on any atom is 0.416 e. The van der Waals surface area contributed by atoms with Crippen LogP contribution >= 0.6 is 0 Å². The standard InChI is InChI=1S/C21H24F3N3O4S/c22-21(23,24)18-7-5-16(6-8-18)9-10-25-20(28)26-15-17-3-1-2-4-19(17)32(29,30)27-11-13-31-14-12-27/h1-8H,9-15H2,(H2,25,26,28). The van der Waals surface area contributed by atoms with Crippen LogP contribution in [0.1, 0.15) is 16.7 Å². The predicted octanol–water partition coefficient (Wildman–Crippen LogP) is 2.77. The fraction of sp³-hybridized carbons (Fsp3) is 0.381. The molecule has 7 nitrogen and oxygen atoms in total. The molecule has 0 spiro atoms. The Balaban J connectivity index is 1.52. The molecule has 2 amide bonds. The Morgan fingerprint density at radius 3 is 2.31 bits per heavy atom. The largest absolute Gasteiger partial charge is 0.416 e. The molecule has 1 saturated heterocycles. The van der Waals surface area contributed by atoms with Gasteiger partial charge in [-0.1, -0.05) is 30.3 Å². The number of nitrogens with zero attached hydrogens (tertiary/aromatic N) is 1. The summed E-state index contributed by atoms with van der Waals surface area (Å²) in [6.07, 6.45) is -4.03. The average Bonchev–Trinajstić information content (AvgIpc) is 2.78. The second-order valence-corrected chi connectivity index (χ2v) is 9.08. The first-order valence-corrected chi connectivity index (χ1v) is 11.5. The van der Waals surface area contributed by atoms with E-state index in [4.69, 9.17) is 4.74 Å². The van der Waals surface area contributed by atoms with Crippen LogP contribution in [0.4, 0.5) is 18.0 Å². The smallest absolute Gasteiger partial charge is 0.379 e. The molecule has 0 unspecified atom stereocenters. The van der Waals surface area contributed by atoms with Crippen LogP contribution in [0, 0.1) is 0 Å². The number of alkyl halides is 3. The summed E-state index contributed by atoms with van der Waals surface area (Å²) in [5.74, 6) is 0. The van der Waals surface area contributed by atoms with Crippen molar-refractivity contribution >= 4 is 16.1 Å². The van der Waals surface area contributed by atoms with E-state index >= 15 is 0 Å². The fourth-order valence-electron chi connectivity index (χ4n) is 3.25. The maximum atomic E-state index is 12.9. The Morgan fingerprint density at radius 1 is 1.00 bits per heavy atom. The van der Waals surface area contributed by atoms with Crippen LogP contribution in [0.25, 0.3) is 0 Å². The van der Waals surface area contributed by atoms with Crippen molar-refractivity contribution < 1.29 is 31.1 Å². The van der Waals surface area contributed by atoms with Crippen LogP contribution in [0.15, 0.2) is 53.4 Å². The SMILES string of the molecule is O=C(NCCc1ccc(C(F)(F)F)cc1)NCc1ccccc1S(=O)(=O)N1CCOCC1. The van der Waals surface area contributed by atoms with Gasteiger partial charge in [-0.05, 0) is 35.7 Å². The number of carbonyl (C=O) groups is 1. The van der Waals surface area contributed by atoms with Gasteiger partial charge < -0.3 is 15.4 Å². The highest BCUT2D eigenvalue weighted by Crippen LogP contribution is 2.29. The average molecular weight is 472 g/mol. The van der Waals surface area contributed by atoms with E-state index in [-0.39, 0.29) is 31.1 Å². The molecular weight excluding hydrogens is 447 g/mol. The van der Waals surface area contributed by atoms with Crippen LogP contribution < -0.4 is 10.6 Å². The highest BCUT2D eigenvalue weighted by Gasteiger charge is 2.30. The van der Waals surface area contributed by atoms with Gasteiger partial charge in [0.2, 0.25) is 10.0 Å². The zero-order valence-corrected chi connectivity index (χ0v) is 18.0. The first kappa shape index (κ1) is 24.0. The number of urea groups is 1. The van der Waals surface area contributed by atoms with Crippen molar-refractivity contribution in [3.8, 4) is 0 Å². The predicted molar refractivity (Wildman–Crippen MR) is 111 cm³/mol. The molecule has 3 rings (SSSR count). The van der Waals surface area contributed by atoms with Crippen LogP contribution in [-0.2, 0) is 33.9 Å². The van der Waals surface area contributed by atoms with Crippen molar-refractivity contribution in [2.24, 2.45) is 0 Å². The molecule has 1 aliphatic heterocycles. The summed E-state index contributed by atoms with van der Waals surface area (Å²) >= 11 is 0. The van der Waals surface area contributed by atoms with Crippen LogP contribution in [0.3, 0.4) is 0 Å². The van der Waals surface area contributed by atoms with Crippen molar-refractivity contribution in [3.63, 3.8) is 0 Å². The number of carbonyl (C=O) groups excluding carboxylic acids is 1. The van der Waals surface area contributed by atoms with Crippen molar-refractivity contribution in [1.29, 1.82) is 0 Å². The van der Waals surface area contributed by atoms with E-state index < -0.39 is 27.8 Å². The third-order valence-electron chi connectivity index (χ3n) is 4.98. The zero-order valence-electron chi connectivity index (χ0n) is 17.2. The third kappa shape index (κ3) is 6.21. The molecular formula is C21H24F3N3O4S. The number of hydrogen-bond donors (Lipinski definition) is 2. The van der Waals surface area contributed by atoms with Gasteiger partial charge in [0.15, 0.2) is 0 Å². The number of nitrogens with one attached hydrogen (secondary N) is 2. The fourth-order valence-corrected chi connectivity index (χ4v) is 4.88. The molecule has 1 aliphatic rings. The Hall–Kier alpha value is -2.63. The minimum absolute atomic E-state index is 0.00581. The number of ether oxygens (including phenoxy) is 1. The zero-order chi connectivity index (χ0) is 23.2. The Bertz CT molecular complexity index is 1020. The van der Waals surface area contributed by atoms with Gasteiger partial charge in [-0.25, -0.2) is 13.2 Å². The highest BCUT2D eigenvalue weighted by molar-refractivity contribution is 7.89. The van der Waals surface area contributed by atoms with E-state index in [0.717, 1.165) is 12.1 Å². The normalized spacial score (nSPS) is 15.3. The van der Waals surface area contributed by atoms with Gasteiger partial charge in [-0.15, -0.1) is 0 Å². The molecule has 0 aliphatic carbocycles. The molecule has 0 radical (unpaired) electrons. The summed E-state index contributed by atoms with van der Waals surface area (Å²) in [5, 5.41) is 5.24. The lowest BCUT2D eigenvalue weighted by atomic mass is 10.1. The lowest BCUT2D eigenvalue weighted by Crippen LogP contribution is -2.41. The first-order chi connectivity index (χ1) is 15.2. The third-order valence-corrected chi connectivity index (χ3v) is 6.98. The lowest BCUT2D eigenvalue weighted by molar-refractivity contribution is -0.137. The van der Waals surface area contributed by atoms with Crippen LogP contribution in [-0.4, -0.2) is 51.6 Å². The molecule has 2 N–H and O–H groups in total. The summed E-state index contributed by atoms with van der Waals surface area (Å²) in [6.45, 7) is 1.43. The van der Waals surface area contributed by atoms with Gasteiger partial charge in [0.25, 0.3) is 0 Å². The number of morpholine rings is 1. The molecule has 174 valence electrons. The molecule has 0 bridgehead atoms. The number of hydrogen-bond acceptors (Lipinski definition) is 4. The number of rotatable bonds is 7. The number of halogens is 3. The highest BCUT2D eigenvalue weighted by atomic mass is 32.2. The second kappa shape index (κ2) is 10.3. The quantitative estimate of drug-likeness (QED) is 0.650. The molecule has 0 saturated carbocycles. The van der Waals surface area contributed by atoms with E-state index in [1.54, 1.807) is 18.2 Å². The van der Waals surface area contributed by atoms with Gasteiger partial charge in [-0.2, -0.15) is 17.5 Å². The van der Waals surface area contributed by atoms with E-state index in [1.807, 2.05) is 0 Å². The van der Waals surface area contributed by atoms with Crippen LogP contribution in [0.2, 0.25) is 0 Å². The molecule has 1 heterocycles. The van der Waals surface area contributed by atoms with Gasteiger partial charge >= 0.3 is 12.2 Å². The maximum absolute atomic E-state index is 12.9. The van der Waals surface area contributed by atoms with Crippen molar-refractivity contribution in [1.82, 2.24) is 14.9 Å². The van der Waals surface area contributed by atoms with Gasteiger partial charge in [0.1, 0.15) is 0 Å². The van der Waals surface area contributed by atoms with Crippen LogP contribution in [0.5, 0.6) is 0 Å². The number of benzene rings is 2. The Kier molecular flexibility index (Phi) is 7.75. The van der Waals surface area contributed by atoms with Crippen molar-refractivity contribution in [3.05, 3.63) is 65.2 Å². The van der Waals surface area contributed by atoms with E-state index in [0.29, 0.717) is 30.8 Å². The summed E-state index contributed by atoms with van der Waals surface area (Å²) in [6, 6.07) is 10.7. The molecule has 32 heavy (non-hydrogen) atoms. The molecule has 2 aromatic carbocycles. The minimum Gasteiger partial charge on any atom is -0.379 e. The second-order valence-electron chi connectivity index (χ2n) is 7.18. The molecule has 0 aromatic heterocycles. The first-order valence-electron chi connectivity index (χ1n) is 10.0. The van der Waals surface area contributed by atoms with E-state index in [9.17, 15) is 26.4 Å². The number of amides is 2. The summed E-state index contributed by atoms with van der Waals surface area (Å²) in [4.78, 5) is 12.2. The lowest BCUT2D eigenvalue weighted by Gasteiger charge is -2.27. The van der Waals surface area contributed by atoms with Crippen molar-refractivity contribution in [2.45, 2.75) is 24.0 Å². The van der Waals surface area contributed by atoms with Gasteiger partial charge in [0.05, 0.1) is 23.7 Å². The topological polar surface area (TPSA) is 87.7 Å². The van der Waals surface area contributed by atoms with Gasteiger partial charge in [0, 0.05) is 26.2 Å². The molecule has 11 heteroatoms. The number of sulfonamides is 1. The molecule has 2 aromatic rings. The van der Waals surface area contributed by atoms with E-state index in [2.05, 4.69) is 10.6 Å². The molecule has 1 fully saturated rings.